The standard InChI is InChI=1S/C16H18Cl2N6O/c1-23(2)7-6-19-15-20-8-13-14(22-15)24(16(25)21-13)9-10-11(17)4-3-5-12(10)18/h3-5,8H,6-7,9H2,1-2H3,(H,21,25)(H,19,20,22). The van der Waals surface area contributed by atoms with Crippen LogP contribution in [0.25, 0.3) is 11.2 Å². The van der Waals surface area contributed by atoms with Crippen molar-refractivity contribution in [1.29, 1.82) is 0 Å². The lowest BCUT2D eigenvalue weighted by Gasteiger charge is -2.10. The quantitative estimate of drug-likeness (QED) is 0.686. The third-order valence-electron chi connectivity index (χ3n) is 3.73. The highest BCUT2D eigenvalue weighted by Gasteiger charge is 2.13. The highest BCUT2D eigenvalue weighted by molar-refractivity contribution is 6.36. The van der Waals surface area contributed by atoms with E-state index in [4.69, 9.17) is 23.2 Å². The van der Waals surface area contributed by atoms with Gasteiger partial charge < -0.3 is 15.2 Å². The molecule has 2 aromatic heterocycles. The average molecular weight is 381 g/mol. The van der Waals surface area contributed by atoms with Gasteiger partial charge in [0.05, 0.1) is 12.7 Å². The van der Waals surface area contributed by atoms with Crippen LogP contribution in [0.5, 0.6) is 0 Å². The Labute approximate surface area is 154 Å². The number of imidazole rings is 1. The zero-order chi connectivity index (χ0) is 18.0. The first kappa shape index (κ1) is 17.7. The summed E-state index contributed by atoms with van der Waals surface area (Å²) in [6.07, 6.45) is 1.59. The highest BCUT2D eigenvalue weighted by Crippen LogP contribution is 2.25. The molecule has 0 atom stereocenters. The first-order valence-corrected chi connectivity index (χ1v) is 8.48. The number of nitrogens with zero attached hydrogens (tertiary/aromatic N) is 4. The molecule has 2 N–H and O–H groups in total. The van der Waals surface area contributed by atoms with Crippen molar-refractivity contribution in [2.75, 3.05) is 32.5 Å². The number of aromatic amines is 1. The summed E-state index contributed by atoms with van der Waals surface area (Å²) in [4.78, 5) is 25.8. The van der Waals surface area contributed by atoms with E-state index in [-0.39, 0.29) is 12.2 Å². The van der Waals surface area contributed by atoms with Crippen molar-refractivity contribution in [2.45, 2.75) is 6.54 Å². The van der Waals surface area contributed by atoms with Gasteiger partial charge in [-0.2, -0.15) is 4.98 Å². The van der Waals surface area contributed by atoms with Crippen molar-refractivity contribution in [2.24, 2.45) is 0 Å². The Kier molecular flexibility index (Phi) is 5.27. The van der Waals surface area contributed by atoms with Crippen LogP contribution in [0.3, 0.4) is 0 Å². The Hall–Kier alpha value is -2.09. The maximum atomic E-state index is 12.3. The van der Waals surface area contributed by atoms with Crippen LogP contribution in [0.15, 0.2) is 29.2 Å². The number of halogens is 2. The van der Waals surface area contributed by atoms with Gasteiger partial charge in [-0.15, -0.1) is 0 Å². The van der Waals surface area contributed by atoms with Gasteiger partial charge in [-0.3, -0.25) is 4.57 Å². The minimum atomic E-state index is -0.286. The second-order valence-corrected chi connectivity index (χ2v) is 6.69. The molecule has 0 saturated heterocycles. The summed E-state index contributed by atoms with van der Waals surface area (Å²) in [5.41, 5.74) is 1.45. The molecule has 0 amide bonds. The normalized spacial score (nSPS) is 11.4. The molecule has 0 aliphatic carbocycles. The van der Waals surface area contributed by atoms with Crippen molar-refractivity contribution in [3.05, 3.63) is 50.5 Å². The molecule has 7 nitrogen and oxygen atoms in total. The van der Waals surface area contributed by atoms with E-state index in [0.29, 0.717) is 39.3 Å². The van der Waals surface area contributed by atoms with Crippen molar-refractivity contribution in [3.8, 4) is 0 Å². The summed E-state index contributed by atoms with van der Waals surface area (Å²) in [5, 5.41) is 4.16. The minimum absolute atomic E-state index is 0.228. The molecule has 2 heterocycles. The van der Waals surface area contributed by atoms with Crippen LogP contribution in [0.4, 0.5) is 5.95 Å². The largest absolute Gasteiger partial charge is 0.353 e. The monoisotopic (exact) mass is 380 g/mol. The van der Waals surface area contributed by atoms with Crippen LogP contribution in [0, 0.1) is 0 Å². The lowest BCUT2D eigenvalue weighted by molar-refractivity contribution is 0.425. The third kappa shape index (κ3) is 3.95. The molecule has 132 valence electrons. The van der Waals surface area contributed by atoms with Gasteiger partial charge in [-0.1, -0.05) is 29.3 Å². The fraction of sp³-hybridized carbons (Fsp3) is 0.312. The lowest BCUT2D eigenvalue weighted by Crippen LogP contribution is -2.21. The van der Waals surface area contributed by atoms with E-state index < -0.39 is 0 Å². The summed E-state index contributed by atoms with van der Waals surface area (Å²) in [6, 6.07) is 5.25. The maximum absolute atomic E-state index is 12.3. The zero-order valence-electron chi connectivity index (χ0n) is 13.9. The van der Waals surface area contributed by atoms with Crippen molar-refractivity contribution in [1.82, 2.24) is 24.4 Å². The molecule has 1 aromatic carbocycles. The van der Waals surface area contributed by atoms with Gasteiger partial charge in [0.1, 0.15) is 5.52 Å². The molecule has 0 aliphatic heterocycles. The molecule has 9 heteroatoms. The summed E-state index contributed by atoms with van der Waals surface area (Å²) in [7, 11) is 3.98. The number of aromatic nitrogens is 4. The predicted octanol–water partition coefficient (Wildman–Crippen LogP) is 2.45. The highest BCUT2D eigenvalue weighted by atomic mass is 35.5. The number of rotatable bonds is 6. The molecular weight excluding hydrogens is 363 g/mol. The molecular formula is C16H18Cl2N6O. The van der Waals surface area contributed by atoms with Crippen LogP contribution < -0.4 is 11.0 Å². The van der Waals surface area contributed by atoms with Gasteiger partial charge in [0.2, 0.25) is 5.95 Å². The van der Waals surface area contributed by atoms with Gasteiger partial charge in [-0.25, -0.2) is 9.78 Å². The van der Waals surface area contributed by atoms with E-state index in [2.05, 4.69) is 25.2 Å². The third-order valence-corrected chi connectivity index (χ3v) is 4.44. The van der Waals surface area contributed by atoms with E-state index in [1.54, 1.807) is 24.4 Å². The van der Waals surface area contributed by atoms with Gasteiger partial charge in [0.15, 0.2) is 5.65 Å². The second kappa shape index (κ2) is 7.43. The molecule has 3 rings (SSSR count). The average Bonchev–Trinajstić information content (AvgIpc) is 2.86. The molecule has 0 aliphatic rings. The topological polar surface area (TPSA) is 78.8 Å². The Balaban J connectivity index is 1.94. The lowest BCUT2D eigenvalue weighted by atomic mass is 10.2. The summed E-state index contributed by atoms with van der Waals surface area (Å²) < 4.78 is 1.50. The first-order valence-electron chi connectivity index (χ1n) is 7.73. The SMILES string of the molecule is CN(C)CCNc1ncc2[nH]c(=O)n(Cc3c(Cl)cccc3Cl)c2n1. The molecule has 3 aromatic rings. The molecule has 0 spiro atoms. The molecule has 0 fully saturated rings. The fourth-order valence-electron chi connectivity index (χ4n) is 2.41. The Morgan fingerprint density at radius 1 is 1.28 bits per heavy atom. The van der Waals surface area contributed by atoms with Crippen LogP contribution in [0.1, 0.15) is 5.56 Å². The predicted molar refractivity (Wildman–Crippen MR) is 101 cm³/mol. The number of likely N-dealkylation sites (N-methyl/N-ethyl adjacent to an activating group) is 1. The number of H-pyrrole nitrogens is 1. The van der Waals surface area contributed by atoms with Crippen LogP contribution in [0.2, 0.25) is 10.0 Å². The Morgan fingerprint density at radius 3 is 2.68 bits per heavy atom. The van der Waals surface area contributed by atoms with E-state index in [9.17, 15) is 4.79 Å². The van der Waals surface area contributed by atoms with E-state index in [1.807, 2.05) is 14.1 Å². The van der Waals surface area contributed by atoms with E-state index in [1.165, 1.54) is 4.57 Å². The molecule has 0 unspecified atom stereocenters. The number of fused-ring (bicyclic) bond motifs is 1. The number of hydrogen-bond acceptors (Lipinski definition) is 5. The molecule has 0 radical (unpaired) electrons. The van der Waals surface area contributed by atoms with Crippen LogP contribution in [-0.2, 0) is 6.54 Å². The zero-order valence-corrected chi connectivity index (χ0v) is 15.4. The minimum Gasteiger partial charge on any atom is -0.353 e. The molecule has 25 heavy (non-hydrogen) atoms. The van der Waals surface area contributed by atoms with E-state index in [0.717, 1.165) is 6.54 Å². The first-order chi connectivity index (χ1) is 12.0. The van der Waals surface area contributed by atoms with Crippen molar-refractivity contribution in [3.63, 3.8) is 0 Å². The Bertz CT molecular complexity index is 929. The number of anilines is 1. The molecule has 0 bridgehead atoms. The van der Waals surface area contributed by atoms with Crippen molar-refractivity contribution >= 4 is 40.3 Å². The van der Waals surface area contributed by atoms with Gasteiger partial charge >= 0.3 is 5.69 Å². The maximum Gasteiger partial charge on any atom is 0.328 e. The fourth-order valence-corrected chi connectivity index (χ4v) is 2.93. The second-order valence-electron chi connectivity index (χ2n) is 5.88. The Morgan fingerprint density at radius 2 is 2.00 bits per heavy atom. The van der Waals surface area contributed by atoms with Crippen LogP contribution in [-0.4, -0.2) is 51.6 Å². The number of hydrogen-bond donors (Lipinski definition) is 2. The molecule has 0 saturated carbocycles. The van der Waals surface area contributed by atoms with Crippen molar-refractivity contribution < 1.29 is 0 Å². The van der Waals surface area contributed by atoms with E-state index >= 15 is 0 Å². The van der Waals surface area contributed by atoms with Gasteiger partial charge in [0.25, 0.3) is 0 Å². The number of nitrogens with one attached hydrogen (secondary N) is 2. The van der Waals surface area contributed by atoms with Gasteiger partial charge in [0, 0.05) is 28.7 Å². The van der Waals surface area contributed by atoms with Gasteiger partial charge in [-0.05, 0) is 26.2 Å². The van der Waals surface area contributed by atoms with Crippen LogP contribution >= 0.6 is 23.2 Å². The summed E-state index contributed by atoms with van der Waals surface area (Å²) in [6.45, 7) is 1.77. The summed E-state index contributed by atoms with van der Waals surface area (Å²) >= 11 is 12.4. The summed E-state index contributed by atoms with van der Waals surface area (Å²) in [5.74, 6) is 0.465. The smallest absolute Gasteiger partial charge is 0.328 e. The number of benzene rings is 1.